The third-order valence-corrected chi connectivity index (χ3v) is 4.27. The van der Waals surface area contributed by atoms with Crippen molar-refractivity contribution in [1.82, 2.24) is 9.88 Å². The second-order valence-electron chi connectivity index (χ2n) is 6.08. The Labute approximate surface area is 161 Å². The molecule has 0 aliphatic heterocycles. The number of aromatic hydroxyl groups is 1. The van der Waals surface area contributed by atoms with Crippen molar-refractivity contribution in [2.75, 3.05) is 13.7 Å². The van der Waals surface area contributed by atoms with E-state index in [1.165, 1.54) is 0 Å². The molecular formula is C20H20N4O4. The van der Waals surface area contributed by atoms with Gasteiger partial charge < -0.3 is 19.7 Å². The molecule has 0 radical (unpaired) electrons. The van der Waals surface area contributed by atoms with Gasteiger partial charge in [-0.25, -0.2) is 0 Å². The largest absolute Gasteiger partial charge is 0.497 e. The molecular weight excluding hydrogens is 360 g/mol. The standard InChI is InChI=1S/C20H20N4O4/c1-24-16-9-8-14(28-2)12-15(16)18(20(24)27)23-22-17(25)10-11-21-19(26)13-6-4-3-5-7-13/h3-9,12,27H,10-11H2,1-2H3,(H,21,26). The van der Waals surface area contributed by atoms with Gasteiger partial charge in [0.2, 0.25) is 5.88 Å². The molecule has 0 atom stereocenters. The van der Waals surface area contributed by atoms with Crippen LogP contribution >= 0.6 is 0 Å². The number of azo groups is 1. The molecule has 0 fully saturated rings. The zero-order chi connectivity index (χ0) is 20.1. The summed E-state index contributed by atoms with van der Waals surface area (Å²) in [6, 6.07) is 14.0. The molecule has 2 N–H and O–H groups in total. The summed E-state index contributed by atoms with van der Waals surface area (Å²) in [7, 11) is 3.22. The Morgan fingerprint density at radius 2 is 1.93 bits per heavy atom. The zero-order valence-electron chi connectivity index (χ0n) is 15.5. The Balaban J connectivity index is 1.66. The van der Waals surface area contributed by atoms with E-state index >= 15 is 0 Å². The van der Waals surface area contributed by atoms with Crippen LogP contribution in [0.4, 0.5) is 5.69 Å². The van der Waals surface area contributed by atoms with Crippen molar-refractivity contribution < 1.29 is 19.4 Å². The van der Waals surface area contributed by atoms with E-state index < -0.39 is 5.91 Å². The van der Waals surface area contributed by atoms with Crippen LogP contribution < -0.4 is 10.1 Å². The van der Waals surface area contributed by atoms with Gasteiger partial charge in [0.25, 0.3) is 11.8 Å². The SMILES string of the molecule is COc1ccc2c(c1)c(N=NC(=O)CCNC(=O)c1ccccc1)c(O)n2C. The quantitative estimate of drug-likeness (QED) is 0.640. The van der Waals surface area contributed by atoms with Crippen LogP contribution in [0, 0.1) is 0 Å². The number of hydrogen-bond donors (Lipinski definition) is 2. The molecule has 2 amide bonds. The van der Waals surface area contributed by atoms with Gasteiger partial charge in [-0.05, 0) is 30.3 Å². The molecule has 8 nitrogen and oxygen atoms in total. The predicted molar refractivity (Wildman–Crippen MR) is 104 cm³/mol. The van der Waals surface area contributed by atoms with Crippen molar-refractivity contribution in [3.63, 3.8) is 0 Å². The van der Waals surface area contributed by atoms with Crippen LogP contribution in [0.15, 0.2) is 58.8 Å². The number of ether oxygens (including phenoxy) is 1. The van der Waals surface area contributed by atoms with Crippen LogP contribution in [0.3, 0.4) is 0 Å². The van der Waals surface area contributed by atoms with Gasteiger partial charge in [-0.2, -0.15) is 0 Å². The van der Waals surface area contributed by atoms with Gasteiger partial charge in [0.15, 0.2) is 5.69 Å². The number of aryl methyl sites for hydroxylation is 1. The number of rotatable bonds is 6. The number of methoxy groups -OCH3 is 1. The van der Waals surface area contributed by atoms with E-state index in [0.717, 1.165) is 5.52 Å². The Morgan fingerprint density at radius 3 is 2.64 bits per heavy atom. The molecule has 0 saturated carbocycles. The van der Waals surface area contributed by atoms with Crippen LogP contribution in [0.25, 0.3) is 10.9 Å². The summed E-state index contributed by atoms with van der Waals surface area (Å²) >= 11 is 0. The maximum Gasteiger partial charge on any atom is 0.266 e. The monoisotopic (exact) mass is 380 g/mol. The zero-order valence-corrected chi connectivity index (χ0v) is 15.5. The molecule has 144 valence electrons. The number of benzene rings is 2. The first-order chi connectivity index (χ1) is 13.5. The van der Waals surface area contributed by atoms with Crippen molar-refractivity contribution in [3.05, 3.63) is 54.1 Å². The predicted octanol–water partition coefficient (Wildman–Crippen LogP) is 3.32. The normalized spacial score (nSPS) is 11.1. The van der Waals surface area contributed by atoms with E-state index in [1.807, 2.05) is 6.07 Å². The lowest BCUT2D eigenvalue weighted by atomic mass is 10.2. The lowest BCUT2D eigenvalue weighted by molar-refractivity contribution is -0.118. The number of amides is 2. The lowest BCUT2D eigenvalue weighted by Crippen LogP contribution is -2.25. The average molecular weight is 380 g/mol. The first-order valence-electron chi connectivity index (χ1n) is 8.64. The molecule has 0 unspecified atom stereocenters. The third-order valence-electron chi connectivity index (χ3n) is 4.27. The van der Waals surface area contributed by atoms with E-state index in [-0.39, 0.29) is 30.4 Å². The highest BCUT2D eigenvalue weighted by molar-refractivity contribution is 5.96. The minimum atomic E-state index is -0.507. The number of nitrogens with zero attached hydrogens (tertiary/aromatic N) is 3. The second kappa shape index (κ2) is 8.34. The van der Waals surface area contributed by atoms with Gasteiger partial charge in [0.05, 0.1) is 12.6 Å². The van der Waals surface area contributed by atoms with Crippen LogP contribution in [0.2, 0.25) is 0 Å². The van der Waals surface area contributed by atoms with Gasteiger partial charge >= 0.3 is 0 Å². The molecule has 0 aliphatic carbocycles. The molecule has 0 bridgehead atoms. The first-order valence-corrected chi connectivity index (χ1v) is 8.64. The number of hydrogen-bond acceptors (Lipinski definition) is 5. The Hall–Kier alpha value is -3.68. The smallest absolute Gasteiger partial charge is 0.266 e. The molecule has 1 aromatic heterocycles. The summed E-state index contributed by atoms with van der Waals surface area (Å²) < 4.78 is 6.74. The van der Waals surface area contributed by atoms with E-state index in [4.69, 9.17) is 4.74 Å². The number of fused-ring (bicyclic) bond motifs is 1. The maximum absolute atomic E-state index is 12.0. The number of aromatic nitrogens is 1. The van der Waals surface area contributed by atoms with Crippen molar-refractivity contribution in [2.24, 2.45) is 17.3 Å². The Morgan fingerprint density at radius 1 is 1.18 bits per heavy atom. The highest BCUT2D eigenvalue weighted by Gasteiger charge is 2.15. The summed E-state index contributed by atoms with van der Waals surface area (Å²) in [5.41, 5.74) is 1.44. The Bertz CT molecular complexity index is 1040. The van der Waals surface area contributed by atoms with Gasteiger partial charge in [-0.3, -0.25) is 9.59 Å². The molecule has 28 heavy (non-hydrogen) atoms. The van der Waals surface area contributed by atoms with E-state index in [2.05, 4.69) is 15.5 Å². The highest BCUT2D eigenvalue weighted by Crippen LogP contribution is 2.39. The van der Waals surface area contributed by atoms with Crippen molar-refractivity contribution in [3.8, 4) is 11.6 Å². The molecule has 8 heteroatoms. The maximum atomic E-state index is 12.0. The number of carbonyl (C=O) groups excluding carboxylic acids is 2. The number of carbonyl (C=O) groups is 2. The summed E-state index contributed by atoms with van der Waals surface area (Å²) in [4.78, 5) is 23.9. The summed E-state index contributed by atoms with van der Waals surface area (Å²) in [5.74, 6) is -0.265. The Kier molecular flexibility index (Phi) is 5.69. The topological polar surface area (TPSA) is 105 Å². The van der Waals surface area contributed by atoms with Crippen LogP contribution in [-0.2, 0) is 11.8 Å². The minimum absolute atomic E-state index is 0.00305. The third kappa shape index (κ3) is 4.01. The van der Waals surface area contributed by atoms with Crippen molar-refractivity contribution in [1.29, 1.82) is 0 Å². The van der Waals surface area contributed by atoms with Crippen LogP contribution in [0.5, 0.6) is 11.6 Å². The average Bonchev–Trinajstić information content (AvgIpc) is 2.96. The summed E-state index contributed by atoms with van der Waals surface area (Å²) in [6.07, 6.45) is -0.00305. The number of nitrogens with one attached hydrogen (secondary N) is 1. The second-order valence-corrected chi connectivity index (χ2v) is 6.08. The molecule has 0 spiro atoms. The molecule has 0 saturated heterocycles. The minimum Gasteiger partial charge on any atom is -0.497 e. The van der Waals surface area contributed by atoms with Gasteiger partial charge in [-0.1, -0.05) is 18.2 Å². The molecule has 3 aromatic rings. The van der Waals surface area contributed by atoms with Crippen LogP contribution in [0.1, 0.15) is 16.8 Å². The molecule has 0 aliphatic rings. The van der Waals surface area contributed by atoms with Crippen LogP contribution in [-0.4, -0.2) is 35.1 Å². The first kappa shape index (κ1) is 19.1. The van der Waals surface area contributed by atoms with Gasteiger partial charge in [-0.15, -0.1) is 10.2 Å². The van der Waals surface area contributed by atoms with E-state index in [1.54, 1.807) is 61.2 Å². The molecule has 1 heterocycles. The molecule has 2 aromatic carbocycles. The van der Waals surface area contributed by atoms with Crippen molar-refractivity contribution in [2.45, 2.75) is 6.42 Å². The fraction of sp³-hybridized carbons (Fsp3) is 0.200. The van der Waals surface area contributed by atoms with E-state index in [0.29, 0.717) is 16.7 Å². The summed E-state index contributed by atoms with van der Waals surface area (Å²) in [6.45, 7) is 0.140. The van der Waals surface area contributed by atoms with Gasteiger partial charge in [0.1, 0.15) is 5.75 Å². The van der Waals surface area contributed by atoms with Crippen molar-refractivity contribution >= 4 is 28.4 Å². The highest BCUT2D eigenvalue weighted by atomic mass is 16.5. The fourth-order valence-corrected chi connectivity index (χ4v) is 2.75. The molecule has 3 rings (SSSR count). The lowest BCUT2D eigenvalue weighted by Gasteiger charge is -2.02. The fourth-order valence-electron chi connectivity index (χ4n) is 2.75. The van der Waals surface area contributed by atoms with Gasteiger partial charge in [0, 0.05) is 31.0 Å². The summed E-state index contributed by atoms with van der Waals surface area (Å²) in [5, 5.41) is 21.1. The van der Waals surface area contributed by atoms with E-state index in [9.17, 15) is 14.7 Å².